The summed E-state index contributed by atoms with van der Waals surface area (Å²) in [7, 11) is 3.32. The van der Waals surface area contributed by atoms with Crippen molar-refractivity contribution < 1.29 is 14.3 Å². The Morgan fingerprint density at radius 2 is 1.53 bits per heavy atom. The van der Waals surface area contributed by atoms with Gasteiger partial charge in [0.25, 0.3) is 0 Å². The molecule has 2 aromatic carbocycles. The number of amides is 1. The van der Waals surface area contributed by atoms with Crippen molar-refractivity contribution in [2.45, 2.75) is 6.42 Å². The molecule has 156 valence electrons. The van der Waals surface area contributed by atoms with Gasteiger partial charge in [-0.2, -0.15) is 0 Å². The Morgan fingerprint density at radius 3 is 2.13 bits per heavy atom. The highest BCUT2D eigenvalue weighted by atomic mass is 32.1. The van der Waals surface area contributed by atoms with Gasteiger partial charge in [0.05, 0.1) is 26.3 Å². The number of thiazole rings is 1. The summed E-state index contributed by atoms with van der Waals surface area (Å²) >= 11 is 1.56. The summed E-state index contributed by atoms with van der Waals surface area (Å²) in [6, 6.07) is 15.9. The average molecular weight is 424 g/mol. The highest BCUT2D eigenvalue weighted by Crippen LogP contribution is 2.26. The molecule has 30 heavy (non-hydrogen) atoms. The number of nitrogens with zero attached hydrogens (tertiary/aromatic N) is 3. The first-order chi connectivity index (χ1) is 14.7. The van der Waals surface area contributed by atoms with E-state index in [9.17, 15) is 4.79 Å². The van der Waals surface area contributed by atoms with Gasteiger partial charge in [0.1, 0.15) is 16.5 Å². The van der Waals surface area contributed by atoms with Crippen LogP contribution in [0.3, 0.4) is 0 Å². The van der Waals surface area contributed by atoms with Crippen molar-refractivity contribution in [1.82, 2.24) is 9.88 Å². The van der Waals surface area contributed by atoms with Crippen molar-refractivity contribution in [3.05, 3.63) is 59.6 Å². The molecule has 0 unspecified atom stereocenters. The van der Waals surface area contributed by atoms with Gasteiger partial charge in [0, 0.05) is 42.8 Å². The Labute approximate surface area is 180 Å². The van der Waals surface area contributed by atoms with E-state index in [-0.39, 0.29) is 5.91 Å². The van der Waals surface area contributed by atoms with Crippen LogP contribution in [0.4, 0.5) is 5.69 Å². The van der Waals surface area contributed by atoms with Gasteiger partial charge in [-0.15, -0.1) is 11.3 Å². The normalized spacial score (nSPS) is 13.9. The lowest BCUT2D eigenvalue weighted by molar-refractivity contribution is -0.130. The number of methoxy groups -OCH3 is 2. The van der Waals surface area contributed by atoms with E-state index in [0.717, 1.165) is 59.6 Å². The molecule has 6 nitrogen and oxygen atoms in total. The standard InChI is InChI=1S/C23H25N3O3S/c1-28-20-7-3-17(4-8-20)23-24-18(16-30-23)15-22(27)26-13-11-25(12-14-26)19-5-9-21(29-2)10-6-19/h3-10,16H,11-15H2,1-2H3. The number of rotatable bonds is 6. The van der Waals surface area contributed by atoms with Crippen LogP contribution in [0.15, 0.2) is 53.9 Å². The number of hydrogen-bond donors (Lipinski definition) is 0. The van der Waals surface area contributed by atoms with E-state index in [2.05, 4.69) is 22.0 Å². The lowest BCUT2D eigenvalue weighted by Gasteiger charge is -2.36. The van der Waals surface area contributed by atoms with Gasteiger partial charge >= 0.3 is 0 Å². The fraction of sp³-hybridized carbons (Fsp3) is 0.304. The third-order valence-electron chi connectivity index (χ3n) is 5.29. The first kappa shape index (κ1) is 20.2. The number of ether oxygens (including phenoxy) is 2. The Morgan fingerprint density at radius 1 is 0.933 bits per heavy atom. The van der Waals surface area contributed by atoms with Crippen molar-refractivity contribution in [2.24, 2.45) is 0 Å². The average Bonchev–Trinajstić information content (AvgIpc) is 3.27. The number of benzene rings is 2. The first-order valence-corrected chi connectivity index (χ1v) is 10.8. The molecule has 4 rings (SSSR count). The zero-order valence-corrected chi connectivity index (χ0v) is 18.0. The lowest BCUT2D eigenvalue weighted by Crippen LogP contribution is -2.49. The summed E-state index contributed by atoms with van der Waals surface area (Å²) in [4.78, 5) is 21.7. The van der Waals surface area contributed by atoms with Crippen LogP contribution < -0.4 is 14.4 Å². The van der Waals surface area contributed by atoms with E-state index in [4.69, 9.17) is 9.47 Å². The summed E-state index contributed by atoms with van der Waals surface area (Å²) in [5.74, 6) is 1.81. The SMILES string of the molecule is COc1ccc(-c2nc(CC(=O)N3CCN(c4ccc(OC)cc4)CC3)cs2)cc1. The van der Waals surface area contributed by atoms with E-state index in [1.165, 1.54) is 0 Å². The van der Waals surface area contributed by atoms with Gasteiger partial charge < -0.3 is 19.3 Å². The van der Waals surface area contributed by atoms with Gasteiger partial charge in [0.2, 0.25) is 5.91 Å². The summed E-state index contributed by atoms with van der Waals surface area (Å²) in [5.41, 5.74) is 3.02. The molecule has 1 aromatic heterocycles. The zero-order chi connectivity index (χ0) is 20.9. The molecule has 3 aromatic rings. The molecule has 0 N–H and O–H groups in total. The number of hydrogen-bond acceptors (Lipinski definition) is 6. The van der Waals surface area contributed by atoms with E-state index in [1.807, 2.05) is 46.7 Å². The van der Waals surface area contributed by atoms with Crippen molar-refractivity contribution in [1.29, 1.82) is 0 Å². The molecule has 0 aliphatic carbocycles. The van der Waals surface area contributed by atoms with E-state index in [0.29, 0.717) is 6.42 Å². The fourth-order valence-corrected chi connectivity index (χ4v) is 4.35. The third kappa shape index (κ3) is 4.57. The minimum atomic E-state index is 0.135. The second-order valence-corrected chi connectivity index (χ2v) is 7.97. The quantitative estimate of drug-likeness (QED) is 0.605. The highest BCUT2D eigenvalue weighted by Gasteiger charge is 2.22. The van der Waals surface area contributed by atoms with Gasteiger partial charge in [-0.05, 0) is 48.5 Å². The molecule has 1 aliphatic rings. The predicted octanol–water partition coefficient (Wildman–Crippen LogP) is 3.72. The molecule has 0 saturated carbocycles. The Bertz CT molecular complexity index is 978. The Balaban J connectivity index is 1.32. The first-order valence-electron chi connectivity index (χ1n) is 9.92. The molecule has 0 radical (unpaired) electrons. The van der Waals surface area contributed by atoms with Crippen LogP contribution in [-0.2, 0) is 11.2 Å². The molecule has 0 bridgehead atoms. The van der Waals surface area contributed by atoms with Crippen molar-refractivity contribution in [3.8, 4) is 22.1 Å². The number of anilines is 1. The van der Waals surface area contributed by atoms with E-state index >= 15 is 0 Å². The molecule has 0 spiro atoms. The van der Waals surface area contributed by atoms with Crippen molar-refractivity contribution >= 4 is 22.9 Å². The van der Waals surface area contributed by atoms with Gasteiger partial charge in [-0.1, -0.05) is 0 Å². The van der Waals surface area contributed by atoms with Gasteiger partial charge in [-0.25, -0.2) is 4.98 Å². The summed E-state index contributed by atoms with van der Waals surface area (Å²) in [5, 5.41) is 2.90. The maximum Gasteiger partial charge on any atom is 0.228 e. The number of carbonyl (C=O) groups is 1. The Kier molecular flexibility index (Phi) is 6.18. The number of aromatic nitrogens is 1. The minimum Gasteiger partial charge on any atom is -0.497 e. The molecular formula is C23H25N3O3S. The molecule has 1 aliphatic heterocycles. The smallest absolute Gasteiger partial charge is 0.228 e. The van der Waals surface area contributed by atoms with Crippen LogP contribution in [0.1, 0.15) is 5.69 Å². The van der Waals surface area contributed by atoms with E-state index < -0.39 is 0 Å². The fourth-order valence-electron chi connectivity index (χ4n) is 3.53. The summed E-state index contributed by atoms with van der Waals surface area (Å²) in [6.45, 7) is 3.10. The number of carbonyl (C=O) groups excluding carboxylic acids is 1. The second kappa shape index (κ2) is 9.17. The molecule has 1 saturated heterocycles. The maximum absolute atomic E-state index is 12.8. The van der Waals surface area contributed by atoms with Crippen molar-refractivity contribution in [2.75, 3.05) is 45.3 Å². The van der Waals surface area contributed by atoms with Crippen LogP contribution in [0, 0.1) is 0 Å². The molecule has 1 fully saturated rings. The second-order valence-electron chi connectivity index (χ2n) is 7.12. The van der Waals surface area contributed by atoms with Crippen molar-refractivity contribution in [3.63, 3.8) is 0 Å². The maximum atomic E-state index is 12.8. The van der Waals surface area contributed by atoms with Crippen LogP contribution in [-0.4, -0.2) is 56.2 Å². The molecule has 7 heteroatoms. The van der Waals surface area contributed by atoms with Crippen LogP contribution >= 0.6 is 11.3 Å². The number of piperazine rings is 1. The minimum absolute atomic E-state index is 0.135. The van der Waals surface area contributed by atoms with Crippen LogP contribution in [0.25, 0.3) is 10.6 Å². The van der Waals surface area contributed by atoms with Crippen LogP contribution in [0.2, 0.25) is 0 Å². The summed E-state index contributed by atoms with van der Waals surface area (Å²) < 4.78 is 10.4. The van der Waals surface area contributed by atoms with Crippen LogP contribution in [0.5, 0.6) is 11.5 Å². The zero-order valence-electron chi connectivity index (χ0n) is 17.2. The molecule has 1 amide bonds. The summed E-state index contributed by atoms with van der Waals surface area (Å²) in [6.07, 6.45) is 0.342. The van der Waals surface area contributed by atoms with Gasteiger partial charge in [-0.3, -0.25) is 4.79 Å². The predicted molar refractivity (Wildman–Crippen MR) is 120 cm³/mol. The van der Waals surface area contributed by atoms with Gasteiger partial charge in [0.15, 0.2) is 0 Å². The topological polar surface area (TPSA) is 54.9 Å². The molecular weight excluding hydrogens is 398 g/mol. The lowest BCUT2D eigenvalue weighted by atomic mass is 10.2. The largest absolute Gasteiger partial charge is 0.497 e. The van der Waals surface area contributed by atoms with E-state index in [1.54, 1.807) is 25.6 Å². The highest BCUT2D eigenvalue weighted by molar-refractivity contribution is 7.13. The third-order valence-corrected chi connectivity index (χ3v) is 6.23. The monoisotopic (exact) mass is 423 g/mol. The molecule has 0 atom stereocenters. The Hall–Kier alpha value is -3.06. The molecule has 2 heterocycles.